The number of nitrogen functional groups attached to an aromatic ring is 1. The number of anilines is 2. The zero-order valence-corrected chi connectivity index (χ0v) is 11.3. The van der Waals surface area contributed by atoms with Crippen LogP contribution in [0.2, 0.25) is 5.02 Å². The predicted molar refractivity (Wildman–Crippen MR) is 70.8 cm³/mol. The number of sulfonamides is 1. The number of halogens is 3. The molecule has 0 aliphatic rings. The smallest absolute Gasteiger partial charge is 0.263 e. The van der Waals surface area contributed by atoms with Gasteiger partial charge in [-0.3, -0.25) is 4.72 Å². The van der Waals surface area contributed by atoms with Crippen molar-refractivity contribution in [1.29, 1.82) is 0 Å². The molecule has 2 aromatic rings. The van der Waals surface area contributed by atoms with Gasteiger partial charge in [0.25, 0.3) is 10.0 Å². The van der Waals surface area contributed by atoms with Crippen LogP contribution in [0.5, 0.6) is 0 Å². The number of nitrogens with zero attached hydrogens (tertiary/aromatic N) is 1. The second-order valence-corrected chi connectivity index (χ2v) is 5.83. The van der Waals surface area contributed by atoms with Crippen LogP contribution in [0.25, 0.3) is 0 Å². The molecule has 5 nitrogen and oxygen atoms in total. The number of rotatable bonds is 3. The van der Waals surface area contributed by atoms with E-state index in [2.05, 4.69) is 4.98 Å². The lowest BCUT2D eigenvalue weighted by Gasteiger charge is -2.10. The first kappa shape index (κ1) is 14.5. The van der Waals surface area contributed by atoms with E-state index in [1.807, 2.05) is 0 Å². The molecule has 0 saturated carbocycles. The summed E-state index contributed by atoms with van der Waals surface area (Å²) in [7, 11) is -4.23. The Labute approximate surface area is 118 Å². The summed E-state index contributed by atoms with van der Waals surface area (Å²) >= 11 is 5.66. The van der Waals surface area contributed by atoms with E-state index >= 15 is 0 Å². The van der Waals surface area contributed by atoms with Crippen LogP contribution in [-0.4, -0.2) is 13.4 Å². The third-order valence-corrected chi connectivity index (χ3v) is 3.97. The van der Waals surface area contributed by atoms with Gasteiger partial charge in [0.05, 0.1) is 5.02 Å². The Morgan fingerprint density at radius 2 is 1.85 bits per heavy atom. The molecule has 0 aliphatic heterocycles. The van der Waals surface area contributed by atoms with Gasteiger partial charge in [0, 0.05) is 6.20 Å². The minimum absolute atomic E-state index is 0.0531. The Hall–Kier alpha value is -1.93. The summed E-state index contributed by atoms with van der Waals surface area (Å²) in [5.74, 6) is -2.13. The highest BCUT2D eigenvalue weighted by Gasteiger charge is 2.20. The second-order valence-electron chi connectivity index (χ2n) is 3.74. The van der Waals surface area contributed by atoms with Gasteiger partial charge >= 0.3 is 0 Å². The number of hydrogen-bond donors (Lipinski definition) is 2. The van der Waals surface area contributed by atoms with E-state index in [0.29, 0.717) is 0 Å². The average Bonchev–Trinajstić information content (AvgIpc) is 2.37. The first-order chi connectivity index (χ1) is 9.31. The molecular formula is C11H8ClF2N3O2S. The second kappa shape index (κ2) is 5.22. The Kier molecular flexibility index (Phi) is 3.78. The molecule has 9 heteroatoms. The number of hydrogen-bond acceptors (Lipinski definition) is 4. The number of nitrogens with one attached hydrogen (secondary N) is 1. The molecule has 1 aromatic carbocycles. The fourth-order valence-corrected chi connectivity index (χ4v) is 2.64. The largest absolute Gasteiger partial charge is 0.382 e. The summed E-state index contributed by atoms with van der Waals surface area (Å²) in [5.41, 5.74) is 4.58. The Bertz CT molecular complexity index is 748. The Morgan fingerprint density at radius 3 is 2.40 bits per heavy atom. The molecule has 106 valence electrons. The van der Waals surface area contributed by atoms with Crippen molar-refractivity contribution in [1.82, 2.24) is 4.98 Å². The highest BCUT2D eigenvalue weighted by Crippen LogP contribution is 2.24. The van der Waals surface area contributed by atoms with E-state index in [1.54, 1.807) is 4.72 Å². The molecule has 1 heterocycles. The summed E-state index contributed by atoms with van der Waals surface area (Å²) in [6.45, 7) is 0. The monoisotopic (exact) mass is 319 g/mol. The summed E-state index contributed by atoms with van der Waals surface area (Å²) in [5, 5.41) is -0.0816. The van der Waals surface area contributed by atoms with Crippen LogP contribution < -0.4 is 10.5 Å². The molecule has 1 aromatic heterocycles. The maximum atomic E-state index is 13.4. The third-order valence-electron chi connectivity index (χ3n) is 2.35. The quantitative estimate of drug-likeness (QED) is 0.909. The molecule has 0 saturated heterocycles. The Balaban J connectivity index is 2.43. The number of nitrogens with two attached hydrogens (primary N) is 1. The van der Waals surface area contributed by atoms with Crippen LogP contribution in [-0.2, 0) is 10.0 Å². The van der Waals surface area contributed by atoms with E-state index in [-0.39, 0.29) is 15.7 Å². The molecule has 0 atom stereocenters. The summed E-state index contributed by atoms with van der Waals surface area (Å²) in [6.07, 6.45) is 0.933. The number of para-hydroxylation sites is 1. The van der Waals surface area contributed by atoms with Crippen LogP contribution in [0.1, 0.15) is 0 Å². The zero-order valence-electron chi connectivity index (χ0n) is 9.77. The van der Waals surface area contributed by atoms with Crippen molar-refractivity contribution in [2.75, 3.05) is 10.5 Å². The molecular weight excluding hydrogens is 312 g/mol. The van der Waals surface area contributed by atoms with Crippen molar-refractivity contribution in [3.63, 3.8) is 0 Å². The molecule has 0 bridgehead atoms. The van der Waals surface area contributed by atoms with Gasteiger partial charge in [0.15, 0.2) is 0 Å². The Morgan fingerprint density at radius 1 is 1.25 bits per heavy atom. The van der Waals surface area contributed by atoms with Crippen LogP contribution in [0.3, 0.4) is 0 Å². The molecule has 0 amide bonds. The predicted octanol–water partition coefficient (Wildman–Crippen LogP) is 2.40. The molecule has 3 N–H and O–H groups in total. The van der Waals surface area contributed by atoms with Crippen molar-refractivity contribution < 1.29 is 17.2 Å². The first-order valence-corrected chi connectivity index (χ1v) is 7.05. The number of pyridine rings is 1. The SMILES string of the molecule is Nc1ncc(S(=O)(=O)Nc2c(F)cccc2F)cc1Cl. The van der Waals surface area contributed by atoms with Crippen LogP contribution in [0, 0.1) is 11.6 Å². The van der Waals surface area contributed by atoms with Crippen LogP contribution in [0.15, 0.2) is 35.4 Å². The minimum atomic E-state index is -4.23. The van der Waals surface area contributed by atoms with Gasteiger partial charge in [-0.25, -0.2) is 22.2 Å². The highest BCUT2D eigenvalue weighted by molar-refractivity contribution is 7.92. The lowest BCUT2D eigenvalue weighted by Crippen LogP contribution is -2.15. The van der Waals surface area contributed by atoms with Crippen LogP contribution in [0.4, 0.5) is 20.3 Å². The van der Waals surface area contributed by atoms with Crippen molar-refractivity contribution in [3.8, 4) is 0 Å². The molecule has 0 spiro atoms. The zero-order chi connectivity index (χ0) is 14.9. The number of aromatic nitrogens is 1. The molecule has 0 unspecified atom stereocenters. The molecule has 0 radical (unpaired) electrons. The van der Waals surface area contributed by atoms with Gasteiger partial charge < -0.3 is 5.73 Å². The topological polar surface area (TPSA) is 85.1 Å². The lowest BCUT2D eigenvalue weighted by atomic mass is 10.3. The first-order valence-electron chi connectivity index (χ1n) is 5.19. The maximum absolute atomic E-state index is 13.4. The summed E-state index contributed by atoms with van der Waals surface area (Å²) in [6, 6.07) is 4.00. The normalized spacial score (nSPS) is 11.3. The van der Waals surface area contributed by atoms with Crippen molar-refractivity contribution in [2.24, 2.45) is 0 Å². The van der Waals surface area contributed by atoms with E-state index in [0.717, 1.165) is 30.5 Å². The molecule has 2 rings (SSSR count). The fraction of sp³-hybridized carbons (Fsp3) is 0. The van der Waals surface area contributed by atoms with Gasteiger partial charge in [0.1, 0.15) is 28.0 Å². The van der Waals surface area contributed by atoms with Gasteiger partial charge in [-0.15, -0.1) is 0 Å². The summed E-state index contributed by atoms with van der Waals surface area (Å²) < 4.78 is 52.6. The van der Waals surface area contributed by atoms with Gasteiger partial charge in [-0.1, -0.05) is 17.7 Å². The van der Waals surface area contributed by atoms with Gasteiger partial charge in [0.2, 0.25) is 0 Å². The molecule has 0 fully saturated rings. The lowest BCUT2D eigenvalue weighted by molar-refractivity contribution is 0.582. The standard InChI is InChI=1S/C11H8ClF2N3O2S/c12-7-4-6(5-16-11(7)15)20(18,19)17-10-8(13)2-1-3-9(10)14/h1-5,17H,(H2,15,16). The van der Waals surface area contributed by atoms with Crippen molar-refractivity contribution in [3.05, 3.63) is 47.1 Å². The minimum Gasteiger partial charge on any atom is -0.382 e. The van der Waals surface area contributed by atoms with Crippen LogP contribution >= 0.6 is 11.6 Å². The van der Waals surface area contributed by atoms with E-state index in [9.17, 15) is 17.2 Å². The van der Waals surface area contributed by atoms with Crippen molar-refractivity contribution in [2.45, 2.75) is 4.90 Å². The van der Waals surface area contributed by atoms with Gasteiger partial charge in [-0.2, -0.15) is 0 Å². The fourth-order valence-electron chi connectivity index (χ4n) is 1.37. The highest BCUT2D eigenvalue weighted by atomic mass is 35.5. The molecule has 20 heavy (non-hydrogen) atoms. The number of benzene rings is 1. The van der Waals surface area contributed by atoms with E-state index < -0.39 is 27.3 Å². The maximum Gasteiger partial charge on any atom is 0.263 e. The third kappa shape index (κ3) is 2.81. The van der Waals surface area contributed by atoms with E-state index in [1.165, 1.54) is 0 Å². The molecule has 0 aliphatic carbocycles. The average molecular weight is 320 g/mol. The van der Waals surface area contributed by atoms with Gasteiger partial charge in [-0.05, 0) is 18.2 Å². The van der Waals surface area contributed by atoms with Crippen molar-refractivity contribution >= 4 is 33.1 Å². The van der Waals surface area contributed by atoms with E-state index in [4.69, 9.17) is 17.3 Å². The summed E-state index contributed by atoms with van der Waals surface area (Å²) in [4.78, 5) is 3.21.